The van der Waals surface area contributed by atoms with Crippen molar-refractivity contribution >= 4 is 10.1 Å². The average Bonchev–Trinajstić information content (AvgIpc) is 2.04. The van der Waals surface area contributed by atoms with Gasteiger partial charge in [0, 0.05) is 13.1 Å². The number of ether oxygens (including phenoxy) is 1. The maximum atomic E-state index is 10.4. The van der Waals surface area contributed by atoms with Gasteiger partial charge < -0.3 is 10.1 Å². The highest BCUT2D eigenvalue weighted by atomic mass is 32.2. The van der Waals surface area contributed by atoms with Gasteiger partial charge in [-0.3, -0.25) is 4.55 Å². The molecule has 5 nitrogen and oxygen atoms in total. The molecule has 2 N–H and O–H groups in total. The molecular weight excluding hydrogens is 194 g/mol. The van der Waals surface area contributed by atoms with E-state index in [9.17, 15) is 8.42 Å². The molecule has 0 radical (unpaired) electrons. The van der Waals surface area contributed by atoms with Crippen LogP contribution in [0.1, 0.15) is 12.8 Å². The van der Waals surface area contributed by atoms with Crippen LogP contribution in [-0.4, -0.2) is 44.5 Å². The summed E-state index contributed by atoms with van der Waals surface area (Å²) in [4.78, 5) is 0. The summed E-state index contributed by atoms with van der Waals surface area (Å²) in [6.07, 6.45) is 1.22. The van der Waals surface area contributed by atoms with Crippen LogP contribution >= 0.6 is 0 Å². The average molecular weight is 209 g/mol. The van der Waals surface area contributed by atoms with E-state index in [1.165, 1.54) is 0 Å². The molecular formula is C7H15NO4S. The standard InChI is InChI=1S/C7H15NO4S/c9-13(10,11)5-1-2-7-6-8-3-4-12-7/h7-8H,1-6H2,(H,9,10,11). The Morgan fingerprint density at radius 1 is 1.54 bits per heavy atom. The van der Waals surface area contributed by atoms with Crippen molar-refractivity contribution in [3.05, 3.63) is 0 Å². The van der Waals surface area contributed by atoms with Gasteiger partial charge in [-0.1, -0.05) is 0 Å². The van der Waals surface area contributed by atoms with E-state index in [2.05, 4.69) is 5.32 Å². The first-order valence-electron chi connectivity index (χ1n) is 4.35. The highest BCUT2D eigenvalue weighted by Crippen LogP contribution is 2.05. The van der Waals surface area contributed by atoms with Crippen molar-refractivity contribution in [2.24, 2.45) is 0 Å². The summed E-state index contributed by atoms with van der Waals surface area (Å²) < 4.78 is 34.6. The van der Waals surface area contributed by atoms with Crippen LogP contribution in [0.2, 0.25) is 0 Å². The maximum absolute atomic E-state index is 10.4. The Bertz CT molecular complexity index is 233. The zero-order valence-corrected chi connectivity index (χ0v) is 8.22. The molecule has 0 aromatic rings. The minimum absolute atomic E-state index is 0.0931. The van der Waals surface area contributed by atoms with Gasteiger partial charge in [-0.25, -0.2) is 0 Å². The molecule has 0 aliphatic carbocycles. The van der Waals surface area contributed by atoms with Gasteiger partial charge in [0.05, 0.1) is 18.5 Å². The zero-order valence-electron chi connectivity index (χ0n) is 7.40. The van der Waals surface area contributed by atoms with Crippen molar-refractivity contribution in [2.75, 3.05) is 25.4 Å². The van der Waals surface area contributed by atoms with Crippen LogP contribution in [0.15, 0.2) is 0 Å². The Hall–Kier alpha value is -0.170. The summed E-state index contributed by atoms with van der Waals surface area (Å²) in [5.41, 5.74) is 0. The van der Waals surface area contributed by atoms with Crippen molar-refractivity contribution in [3.8, 4) is 0 Å². The molecule has 0 bridgehead atoms. The Kier molecular flexibility index (Phi) is 4.11. The topological polar surface area (TPSA) is 75.6 Å². The fraction of sp³-hybridized carbons (Fsp3) is 1.00. The van der Waals surface area contributed by atoms with Crippen LogP contribution in [-0.2, 0) is 14.9 Å². The molecule has 1 atom stereocenters. The van der Waals surface area contributed by atoms with E-state index in [0.29, 0.717) is 19.4 Å². The van der Waals surface area contributed by atoms with Crippen LogP contribution in [0.25, 0.3) is 0 Å². The minimum Gasteiger partial charge on any atom is -0.376 e. The van der Waals surface area contributed by atoms with E-state index in [1.54, 1.807) is 0 Å². The predicted octanol–water partition coefficient (Wildman–Crippen LogP) is -0.357. The molecule has 0 saturated carbocycles. The van der Waals surface area contributed by atoms with Gasteiger partial charge in [0.2, 0.25) is 0 Å². The van der Waals surface area contributed by atoms with Gasteiger partial charge in [0.25, 0.3) is 10.1 Å². The predicted molar refractivity (Wildman–Crippen MR) is 48.3 cm³/mol. The third kappa shape index (κ3) is 5.20. The monoisotopic (exact) mass is 209 g/mol. The number of hydrogen-bond acceptors (Lipinski definition) is 4. The molecule has 1 aliphatic heterocycles. The maximum Gasteiger partial charge on any atom is 0.264 e. The van der Waals surface area contributed by atoms with E-state index in [1.807, 2.05) is 0 Å². The summed E-state index contributed by atoms with van der Waals surface area (Å²) in [7, 11) is -3.80. The molecule has 1 unspecified atom stereocenters. The largest absolute Gasteiger partial charge is 0.376 e. The summed E-state index contributed by atoms with van der Waals surface area (Å²) >= 11 is 0. The minimum atomic E-state index is -3.80. The lowest BCUT2D eigenvalue weighted by Crippen LogP contribution is -2.38. The van der Waals surface area contributed by atoms with Gasteiger partial charge in [0.1, 0.15) is 0 Å². The van der Waals surface area contributed by atoms with E-state index in [4.69, 9.17) is 9.29 Å². The first kappa shape index (κ1) is 10.9. The number of hydrogen-bond donors (Lipinski definition) is 2. The lowest BCUT2D eigenvalue weighted by atomic mass is 10.2. The van der Waals surface area contributed by atoms with Gasteiger partial charge in [-0.05, 0) is 12.8 Å². The first-order valence-corrected chi connectivity index (χ1v) is 5.96. The van der Waals surface area contributed by atoms with Gasteiger partial charge in [0.15, 0.2) is 0 Å². The third-order valence-corrected chi connectivity index (χ3v) is 2.74. The third-order valence-electron chi connectivity index (χ3n) is 1.93. The van der Waals surface area contributed by atoms with Gasteiger partial charge in [-0.15, -0.1) is 0 Å². The molecule has 0 amide bonds. The van der Waals surface area contributed by atoms with E-state index < -0.39 is 10.1 Å². The lowest BCUT2D eigenvalue weighted by Gasteiger charge is -2.23. The van der Waals surface area contributed by atoms with Crippen molar-refractivity contribution in [1.82, 2.24) is 5.32 Å². The van der Waals surface area contributed by atoms with Crippen LogP contribution in [0.4, 0.5) is 0 Å². The molecule has 1 saturated heterocycles. The SMILES string of the molecule is O=S(=O)(O)CCCC1CNCCO1. The van der Waals surface area contributed by atoms with Gasteiger partial charge >= 0.3 is 0 Å². The highest BCUT2D eigenvalue weighted by molar-refractivity contribution is 7.85. The molecule has 1 fully saturated rings. The second-order valence-corrected chi connectivity index (χ2v) is 4.70. The van der Waals surface area contributed by atoms with Crippen LogP contribution in [0.5, 0.6) is 0 Å². The van der Waals surface area contributed by atoms with Gasteiger partial charge in [-0.2, -0.15) is 8.42 Å². The van der Waals surface area contributed by atoms with Crippen molar-refractivity contribution in [2.45, 2.75) is 18.9 Å². The van der Waals surface area contributed by atoms with E-state index in [0.717, 1.165) is 13.1 Å². The quantitative estimate of drug-likeness (QED) is 0.619. The van der Waals surface area contributed by atoms with Crippen molar-refractivity contribution in [1.29, 1.82) is 0 Å². The van der Waals surface area contributed by atoms with E-state index in [-0.39, 0.29) is 11.9 Å². The second-order valence-electron chi connectivity index (χ2n) is 3.13. The Morgan fingerprint density at radius 3 is 2.85 bits per heavy atom. The number of rotatable bonds is 4. The molecule has 0 aromatic heterocycles. The summed E-state index contributed by atoms with van der Waals surface area (Å²) in [5, 5.41) is 3.15. The molecule has 1 aliphatic rings. The van der Waals surface area contributed by atoms with E-state index >= 15 is 0 Å². The van der Waals surface area contributed by atoms with Crippen LogP contribution < -0.4 is 5.32 Å². The van der Waals surface area contributed by atoms with Crippen LogP contribution in [0, 0.1) is 0 Å². The fourth-order valence-electron chi connectivity index (χ4n) is 1.30. The lowest BCUT2D eigenvalue weighted by molar-refractivity contribution is 0.0233. The molecule has 0 aromatic carbocycles. The Balaban J connectivity index is 2.11. The number of morpholine rings is 1. The molecule has 1 rings (SSSR count). The van der Waals surface area contributed by atoms with Crippen molar-refractivity contribution in [3.63, 3.8) is 0 Å². The second kappa shape index (κ2) is 4.90. The van der Waals surface area contributed by atoms with Crippen LogP contribution in [0.3, 0.4) is 0 Å². The molecule has 0 spiro atoms. The molecule has 6 heteroatoms. The smallest absolute Gasteiger partial charge is 0.264 e. The molecule has 1 heterocycles. The zero-order chi connectivity index (χ0) is 9.73. The first-order chi connectivity index (χ1) is 6.08. The van der Waals surface area contributed by atoms with Crippen molar-refractivity contribution < 1.29 is 17.7 Å². The Labute approximate surface area is 78.2 Å². The Morgan fingerprint density at radius 2 is 2.31 bits per heavy atom. The molecule has 13 heavy (non-hydrogen) atoms. The normalized spacial score (nSPS) is 24.5. The summed E-state index contributed by atoms with van der Waals surface area (Å²) in [6.45, 7) is 2.30. The number of nitrogens with one attached hydrogen (secondary N) is 1. The highest BCUT2D eigenvalue weighted by Gasteiger charge is 2.14. The molecule has 78 valence electrons. The summed E-state index contributed by atoms with van der Waals surface area (Å²) in [5.74, 6) is -0.174. The summed E-state index contributed by atoms with van der Waals surface area (Å²) in [6, 6.07) is 0. The fourth-order valence-corrected chi connectivity index (χ4v) is 1.83.